The Balaban J connectivity index is 1.73. The van der Waals surface area contributed by atoms with Crippen molar-refractivity contribution in [1.82, 2.24) is 14.7 Å². The molecule has 2 aromatic carbocycles. The van der Waals surface area contributed by atoms with E-state index in [4.69, 9.17) is 11.6 Å². The van der Waals surface area contributed by atoms with Crippen LogP contribution < -0.4 is 5.32 Å². The number of aryl methyl sites for hydroxylation is 3. The van der Waals surface area contributed by atoms with E-state index in [0.717, 1.165) is 38.8 Å². The average molecular weight is 411 g/mol. The lowest BCUT2D eigenvalue weighted by atomic mass is 10.1. The predicted octanol–water partition coefficient (Wildman–Crippen LogP) is 5.48. The van der Waals surface area contributed by atoms with Gasteiger partial charge in [-0.3, -0.25) is 4.68 Å². The van der Waals surface area contributed by atoms with Gasteiger partial charge in [-0.2, -0.15) is 5.10 Å². The molecule has 152 valence electrons. The highest BCUT2D eigenvalue weighted by Gasteiger charge is 2.17. The number of hydrogen-bond donors (Lipinski definition) is 1. The van der Waals surface area contributed by atoms with Gasteiger partial charge in [-0.1, -0.05) is 47.5 Å². The molecule has 0 saturated heterocycles. The van der Waals surface area contributed by atoms with Crippen molar-refractivity contribution in [3.8, 4) is 0 Å². The lowest BCUT2D eigenvalue weighted by Gasteiger charge is -2.19. The average Bonchev–Trinajstić information content (AvgIpc) is 2.93. The number of carbonyl (C=O) groups is 1. The van der Waals surface area contributed by atoms with Crippen LogP contribution in [0.1, 0.15) is 33.6 Å². The molecule has 3 rings (SSSR count). The fraction of sp³-hybridized carbons (Fsp3) is 0.304. The second-order valence-electron chi connectivity index (χ2n) is 7.50. The number of carbonyl (C=O) groups excluding carboxylic acids is 1. The molecule has 2 amide bonds. The number of urea groups is 1. The fourth-order valence-electron chi connectivity index (χ4n) is 3.38. The number of halogens is 1. The quantitative estimate of drug-likeness (QED) is 0.605. The Morgan fingerprint density at radius 3 is 2.55 bits per heavy atom. The van der Waals surface area contributed by atoms with Gasteiger partial charge in [0.2, 0.25) is 0 Å². The first-order valence-corrected chi connectivity index (χ1v) is 9.99. The molecule has 0 unspecified atom stereocenters. The van der Waals surface area contributed by atoms with E-state index in [-0.39, 0.29) is 6.03 Å². The molecule has 0 saturated carbocycles. The van der Waals surface area contributed by atoms with Crippen molar-refractivity contribution in [2.45, 2.75) is 40.8 Å². The van der Waals surface area contributed by atoms with Crippen LogP contribution in [0.4, 0.5) is 10.5 Å². The number of nitrogens with one attached hydrogen (secondary N) is 1. The summed E-state index contributed by atoms with van der Waals surface area (Å²) >= 11 is 6.30. The van der Waals surface area contributed by atoms with Gasteiger partial charge in [0, 0.05) is 29.0 Å². The molecule has 6 heteroatoms. The summed E-state index contributed by atoms with van der Waals surface area (Å²) in [6, 6.07) is 13.6. The lowest BCUT2D eigenvalue weighted by molar-refractivity contribution is 0.220. The van der Waals surface area contributed by atoms with Gasteiger partial charge in [0.15, 0.2) is 0 Å². The van der Waals surface area contributed by atoms with Crippen molar-refractivity contribution < 1.29 is 4.79 Å². The van der Waals surface area contributed by atoms with E-state index in [0.29, 0.717) is 13.1 Å². The zero-order chi connectivity index (χ0) is 21.1. The number of benzene rings is 2. The Hall–Kier alpha value is -2.79. The van der Waals surface area contributed by atoms with Crippen molar-refractivity contribution in [2.24, 2.45) is 0 Å². The first-order chi connectivity index (χ1) is 13.8. The van der Waals surface area contributed by atoms with Gasteiger partial charge in [-0.15, -0.1) is 0 Å². The van der Waals surface area contributed by atoms with Crippen LogP contribution in [-0.4, -0.2) is 27.8 Å². The highest BCUT2D eigenvalue weighted by atomic mass is 35.5. The summed E-state index contributed by atoms with van der Waals surface area (Å²) in [5.74, 6) is 0. The molecule has 0 bridgehead atoms. The number of hydrogen-bond acceptors (Lipinski definition) is 2. The number of rotatable bonds is 5. The fourth-order valence-corrected chi connectivity index (χ4v) is 3.57. The Morgan fingerprint density at radius 1 is 1.14 bits per heavy atom. The normalized spacial score (nSPS) is 10.8. The van der Waals surface area contributed by atoms with Crippen molar-refractivity contribution in [3.63, 3.8) is 0 Å². The number of nitrogens with zero attached hydrogens (tertiary/aromatic N) is 3. The van der Waals surface area contributed by atoms with Gasteiger partial charge in [-0.25, -0.2) is 4.79 Å². The molecule has 29 heavy (non-hydrogen) atoms. The van der Waals surface area contributed by atoms with E-state index in [1.54, 1.807) is 11.9 Å². The molecular formula is C23H27ClN4O. The van der Waals surface area contributed by atoms with Gasteiger partial charge in [0.1, 0.15) is 0 Å². The van der Waals surface area contributed by atoms with Crippen LogP contribution in [0.2, 0.25) is 5.02 Å². The molecule has 1 aromatic heterocycles. The smallest absolute Gasteiger partial charge is 0.321 e. The third-order valence-corrected chi connectivity index (χ3v) is 5.54. The van der Waals surface area contributed by atoms with E-state index in [1.165, 1.54) is 5.56 Å². The summed E-state index contributed by atoms with van der Waals surface area (Å²) in [7, 11) is 1.79. The highest BCUT2D eigenvalue weighted by Crippen LogP contribution is 2.21. The third kappa shape index (κ3) is 4.80. The van der Waals surface area contributed by atoms with Crippen molar-refractivity contribution in [1.29, 1.82) is 0 Å². The van der Waals surface area contributed by atoms with Crippen LogP contribution in [0.3, 0.4) is 0 Å². The summed E-state index contributed by atoms with van der Waals surface area (Å²) in [6.45, 7) is 9.12. The summed E-state index contributed by atoms with van der Waals surface area (Å²) in [5.41, 5.74) is 7.07. The molecule has 1 heterocycles. The van der Waals surface area contributed by atoms with E-state index in [9.17, 15) is 4.79 Å². The maximum Gasteiger partial charge on any atom is 0.321 e. The van der Waals surface area contributed by atoms with E-state index >= 15 is 0 Å². The zero-order valence-corrected chi connectivity index (χ0v) is 18.3. The van der Waals surface area contributed by atoms with Gasteiger partial charge in [0.25, 0.3) is 0 Å². The highest BCUT2D eigenvalue weighted by molar-refractivity contribution is 6.31. The second-order valence-corrected chi connectivity index (χ2v) is 7.91. The predicted molar refractivity (Wildman–Crippen MR) is 119 cm³/mol. The molecule has 0 aliphatic carbocycles. The zero-order valence-electron chi connectivity index (χ0n) is 17.6. The monoisotopic (exact) mass is 410 g/mol. The summed E-state index contributed by atoms with van der Waals surface area (Å²) in [6.07, 6.45) is 0. The van der Waals surface area contributed by atoms with Crippen molar-refractivity contribution in [3.05, 3.63) is 81.1 Å². The van der Waals surface area contributed by atoms with E-state index < -0.39 is 0 Å². The minimum absolute atomic E-state index is 0.144. The molecule has 0 aliphatic rings. The van der Waals surface area contributed by atoms with Gasteiger partial charge in [0.05, 0.1) is 18.8 Å². The Bertz CT molecular complexity index is 1040. The van der Waals surface area contributed by atoms with Crippen LogP contribution in [0.15, 0.2) is 42.5 Å². The largest absolute Gasteiger partial charge is 0.323 e. The molecule has 0 radical (unpaired) electrons. The molecular weight excluding hydrogens is 384 g/mol. The van der Waals surface area contributed by atoms with Crippen LogP contribution in [-0.2, 0) is 13.1 Å². The van der Waals surface area contributed by atoms with E-state index in [1.807, 2.05) is 68.8 Å². The number of anilines is 1. The summed E-state index contributed by atoms with van der Waals surface area (Å²) in [5, 5.41) is 8.39. The first kappa shape index (κ1) is 20.9. The maximum atomic E-state index is 12.7. The van der Waals surface area contributed by atoms with Crippen LogP contribution in [0.25, 0.3) is 0 Å². The number of aromatic nitrogens is 2. The second kappa shape index (κ2) is 8.70. The van der Waals surface area contributed by atoms with E-state index in [2.05, 4.69) is 16.5 Å². The SMILES string of the molecule is Cc1ccc(NC(=O)N(C)Cc2c(C)nn(Cc3ccccc3Cl)c2C)c(C)c1. The lowest BCUT2D eigenvalue weighted by Crippen LogP contribution is -2.31. The molecule has 1 N–H and O–H groups in total. The topological polar surface area (TPSA) is 50.2 Å². The Morgan fingerprint density at radius 2 is 1.86 bits per heavy atom. The molecule has 5 nitrogen and oxygen atoms in total. The third-order valence-electron chi connectivity index (χ3n) is 5.17. The molecule has 0 spiro atoms. The minimum Gasteiger partial charge on any atom is -0.323 e. The Kier molecular flexibility index (Phi) is 6.28. The molecule has 0 aliphatic heterocycles. The Labute approximate surface area is 177 Å². The number of amides is 2. The van der Waals surface area contributed by atoms with Crippen LogP contribution >= 0.6 is 11.6 Å². The van der Waals surface area contributed by atoms with Gasteiger partial charge < -0.3 is 10.2 Å². The van der Waals surface area contributed by atoms with Gasteiger partial charge >= 0.3 is 6.03 Å². The van der Waals surface area contributed by atoms with Crippen LogP contribution in [0, 0.1) is 27.7 Å². The maximum absolute atomic E-state index is 12.7. The summed E-state index contributed by atoms with van der Waals surface area (Å²) < 4.78 is 1.95. The molecule has 0 atom stereocenters. The van der Waals surface area contributed by atoms with Crippen LogP contribution in [0.5, 0.6) is 0 Å². The minimum atomic E-state index is -0.144. The van der Waals surface area contributed by atoms with Gasteiger partial charge in [-0.05, 0) is 51.0 Å². The first-order valence-electron chi connectivity index (χ1n) is 9.62. The van der Waals surface area contributed by atoms with Crippen molar-refractivity contribution >= 4 is 23.3 Å². The standard InChI is InChI=1S/C23H27ClN4O/c1-15-10-11-22(16(2)12-15)25-23(29)27(5)14-20-17(3)26-28(18(20)4)13-19-8-6-7-9-21(19)24/h6-12H,13-14H2,1-5H3,(H,25,29). The van der Waals surface area contributed by atoms with Crippen molar-refractivity contribution in [2.75, 3.05) is 12.4 Å². The summed E-state index contributed by atoms with van der Waals surface area (Å²) in [4.78, 5) is 14.4. The molecule has 3 aromatic rings. The molecule has 0 fully saturated rings.